The predicted molar refractivity (Wildman–Crippen MR) is 42.3 cm³/mol. The fourth-order valence-electron chi connectivity index (χ4n) is 0.523. The fourth-order valence-corrected chi connectivity index (χ4v) is 1.33. The van der Waals surface area contributed by atoms with Gasteiger partial charge in [-0.25, -0.2) is 0 Å². The summed E-state index contributed by atoms with van der Waals surface area (Å²) in [5.74, 6) is 0. The number of hydrogen-bond acceptors (Lipinski definition) is 3. The maximum atomic E-state index is 5.31. The molecule has 0 N–H and O–H groups in total. The van der Waals surface area contributed by atoms with E-state index in [0.717, 1.165) is 10.2 Å². The van der Waals surface area contributed by atoms with Gasteiger partial charge in [-0.1, -0.05) is 23.5 Å². The van der Waals surface area contributed by atoms with E-state index in [1.807, 2.05) is 24.6 Å². The Labute approximate surface area is 63.2 Å². The Kier molecular flexibility index (Phi) is 2.54. The van der Waals surface area contributed by atoms with Gasteiger partial charge in [0.15, 0.2) is 10.2 Å². The second-order valence-electron chi connectivity index (χ2n) is 1.48. The largest absolute Gasteiger partial charge is 0.444 e. The lowest BCUT2D eigenvalue weighted by molar-refractivity contribution is 0.397. The first-order valence-corrected chi connectivity index (χ1v) is 4.99. The fraction of sp³-hybridized carbons (Fsp3) is 0.333. The average Bonchev–Trinajstić information content (AvgIpc) is 2.34. The topological polar surface area (TPSA) is 13.1 Å². The zero-order valence-electron chi connectivity index (χ0n) is 5.38. The molecule has 1 nitrogen and oxygen atoms in total. The van der Waals surface area contributed by atoms with Crippen LogP contribution in [0.3, 0.4) is 0 Å². The van der Waals surface area contributed by atoms with Crippen LogP contribution in [0.4, 0.5) is 0 Å². The van der Waals surface area contributed by atoms with Crippen molar-refractivity contribution >= 4 is 23.5 Å². The molecular weight excluding hydrogens is 152 g/mol. The van der Waals surface area contributed by atoms with Crippen LogP contribution in [0.5, 0.6) is 0 Å². The van der Waals surface area contributed by atoms with Gasteiger partial charge in [0, 0.05) is 0 Å². The monoisotopic (exact) mass is 160 g/mol. The lowest BCUT2D eigenvalue weighted by Gasteiger charge is -1.85. The molecule has 1 rings (SSSR count). The van der Waals surface area contributed by atoms with Crippen molar-refractivity contribution in [1.29, 1.82) is 0 Å². The third-order valence-corrected chi connectivity index (χ3v) is 2.20. The van der Waals surface area contributed by atoms with E-state index in [2.05, 4.69) is 0 Å². The molecule has 0 aromatic carbocycles. The summed E-state index contributed by atoms with van der Waals surface area (Å²) >= 11 is 3.25. The highest BCUT2D eigenvalue weighted by Crippen LogP contribution is 2.23. The Morgan fingerprint density at radius 1 is 1.11 bits per heavy atom. The molecule has 0 saturated heterocycles. The third kappa shape index (κ3) is 1.69. The van der Waals surface area contributed by atoms with Gasteiger partial charge >= 0.3 is 0 Å². The van der Waals surface area contributed by atoms with Crippen molar-refractivity contribution in [2.45, 2.75) is 10.2 Å². The summed E-state index contributed by atoms with van der Waals surface area (Å²) in [4.78, 5) is 0. The zero-order chi connectivity index (χ0) is 6.69. The molecule has 0 bridgehead atoms. The zero-order valence-corrected chi connectivity index (χ0v) is 7.01. The molecule has 0 aliphatic heterocycles. The molecule has 0 radical (unpaired) electrons. The normalized spacial score (nSPS) is 10.0. The highest BCUT2D eigenvalue weighted by molar-refractivity contribution is 7.99. The molecule has 9 heavy (non-hydrogen) atoms. The van der Waals surface area contributed by atoms with E-state index in [0.29, 0.717) is 0 Å². The second kappa shape index (κ2) is 3.22. The smallest absolute Gasteiger partial charge is 0.161 e. The number of rotatable bonds is 2. The first kappa shape index (κ1) is 7.09. The maximum Gasteiger partial charge on any atom is 0.161 e. The van der Waals surface area contributed by atoms with Gasteiger partial charge in [-0.2, -0.15) is 0 Å². The molecule has 1 aromatic rings. The molecule has 0 unspecified atom stereocenters. The van der Waals surface area contributed by atoms with Crippen molar-refractivity contribution in [1.82, 2.24) is 0 Å². The van der Waals surface area contributed by atoms with Crippen LogP contribution in [0, 0.1) is 0 Å². The summed E-state index contributed by atoms with van der Waals surface area (Å²) in [6.07, 6.45) is 4.01. The Bertz CT molecular complexity index is 164. The highest BCUT2D eigenvalue weighted by atomic mass is 32.2. The van der Waals surface area contributed by atoms with Crippen molar-refractivity contribution in [3.05, 3.63) is 12.1 Å². The molecule has 1 heterocycles. The van der Waals surface area contributed by atoms with E-state index >= 15 is 0 Å². The number of thioether (sulfide) groups is 2. The first-order valence-electron chi connectivity index (χ1n) is 2.54. The number of hydrogen-bond donors (Lipinski definition) is 0. The van der Waals surface area contributed by atoms with Gasteiger partial charge in [-0.05, 0) is 24.6 Å². The van der Waals surface area contributed by atoms with Crippen molar-refractivity contribution in [3.63, 3.8) is 0 Å². The van der Waals surface area contributed by atoms with Crippen LogP contribution >= 0.6 is 23.5 Å². The minimum absolute atomic E-state index is 0.986. The van der Waals surface area contributed by atoms with Crippen molar-refractivity contribution in [2.75, 3.05) is 12.5 Å². The summed E-state index contributed by atoms with van der Waals surface area (Å²) in [6.45, 7) is 0. The Hall–Kier alpha value is -0.0200. The lowest BCUT2D eigenvalue weighted by atomic mass is 10.7. The van der Waals surface area contributed by atoms with Crippen LogP contribution in [-0.2, 0) is 0 Å². The Morgan fingerprint density at radius 3 is 1.78 bits per heavy atom. The van der Waals surface area contributed by atoms with E-state index in [1.54, 1.807) is 23.5 Å². The van der Waals surface area contributed by atoms with E-state index in [-0.39, 0.29) is 0 Å². The Balaban J connectivity index is 2.74. The van der Waals surface area contributed by atoms with Gasteiger partial charge in [0.2, 0.25) is 0 Å². The molecule has 0 saturated carbocycles. The van der Waals surface area contributed by atoms with Gasteiger partial charge in [0.05, 0.1) is 0 Å². The molecule has 3 heteroatoms. The summed E-state index contributed by atoms with van der Waals surface area (Å²) in [6, 6.07) is 3.97. The van der Waals surface area contributed by atoms with Crippen molar-refractivity contribution in [2.24, 2.45) is 0 Å². The van der Waals surface area contributed by atoms with Gasteiger partial charge in [0.1, 0.15) is 0 Å². The third-order valence-electron chi connectivity index (χ3n) is 0.959. The summed E-state index contributed by atoms with van der Waals surface area (Å²) < 4.78 is 5.31. The quantitative estimate of drug-likeness (QED) is 0.617. The van der Waals surface area contributed by atoms with E-state index in [9.17, 15) is 0 Å². The maximum absolute atomic E-state index is 5.31. The molecule has 0 fully saturated rings. The van der Waals surface area contributed by atoms with E-state index in [4.69, 9.17) is 4.42 Å². The molecule has 0 amide bonds. The molecule has 0 aliphatic rings. The molecule has 0 spiro atoms. The van der Waals surface area contributed by atoms with Crippen LogP contribution in [-0.4, -0.2) is 12.5 Å². The molecule has 1 aromatic heterocycles. The predicted octanol–water partition coefficient (Wildman–Crippen LogP) is 2.72. The van der Waals surface area contributed by atoms with Crippen LogP contribution in [0.1, 0.15) is 0 Å². The standard InChI is InChI=1S/C6H8OS2/c1-8-5-3-4-6(7-5)9-2/h3-4H,1-2H3. The SMILES string of the molecule is CSc1ccc(SC)o1. The van der Waals surface area contributed by atoms with Crippen LogP contribution in [0.15, 0.2) is 26.7 Å². The van der Waals surface area contributed by atoms with Crippen molar-refractivity contribution < 1.29 is 4.42 Å². The number of furan rings is 1. The summed E-state index contributed by atoms with van der Waals surface area (Å²) in [5.41, 5.74) is 0. The van der Waals surface area contributed by atoms with Crippen molar-refractivity contribution in [3.8, 4) is 0 Å². The second-order valence-corrected chi connectivity index (χ2v) is 3.10. The van der Waals surface area contributed by atoms with E-state index < -0.39 is 0 Å². The molecule has 0 atom stereocenters. The van der Waals surface area contributed by atoms with Gasteiger partial charge in [0.25, 0.3) is 0 Å². The minimum Gasteiger partial charge on any atom is -0.444 e. The summed E-state index contributed by atoms with van der Waals surface area (Å²) in [5, 5.41) is 1.97. The lowest BCUT2D eigenvalue weighted by Crippen LogP contribution is -1.55. The van der Waals surface area contributed by atoms with E-state index in [1.165, 1.54) is 0 Å². The molecule has 0 aliphatic carbocycles. The van der Waals surface area contributed by atoms with Gasteiger partial charge in [-0.3, -0.25) is 0 Å². The van der Waals surface area contributed by atoms with Crippen LogP contribution in [0.25, 0.3) is 0 Å². The minimum atomic E-state index is 0.986. The summed E-state index contributed by atoms with van der Waals surface area (Å²) in [7, 11) is 0. The highest BCUT2D eigenvalue weighted by Gasteiger charge is 1.96. The van der Waals surface area contributed by atoms with Crippen LogP contribution in [0.2, 0.25) is 0 Å². The Morgan fingerprint density at radius 2 is 1.56 bits per heavy atom. The van der Waals surface area contributed by atoms with Gasteiger partial charge in [-0.15, -0.1) is 0 Å². The molecule has 50 valence electrons. The molecular formula is C6H8OS2. The first-order chi connectivity index (χ1) is 4.36. The average molecular weight is 160 g/mol. The van der Waals surface area contributed by atoms with Gasteiger partial charge < -0.3 is 4.42 Å². The van der Waals surface area contributed by atoms with Crippen LogP contribution < -0.4 is 0 Å².